The Bertz CT molecular complexity index is 1370. The lowest BCUT2D eigenvalue weighted by atomic mass is 10.1. The van der Waals surface area contributed by atoms with E-state index in [0.717, 1.165) is 5.56 Å². The molecule has 0 saturated heterocycles. The Balaban J connectivity index is 1.70. The number of hydrogen-bond donors (Lipinski definition) is 2. The lowest BCUT2D eigenvalue weighted by Crippen LogP contribution is -2.01. The highest BCUT2D eigenvalue weighted by molar-refractivity contribution is 7.86. The number of aromatic nitrogens is 1. The summed E-state index contributed by atoms with van der Waals surface area (Å²) in [5.41, 5.74) is 7.96. The van der Waals surface area contributed by atoms with Crippen molar-refractivity contribution in [3.05, 3.63) is 84.7 Å². The summed E-state index contributed by atoms with van der Waals surface area (Å²) in [6.07, 6.45) is 3.36. The molecule has 0 bridgehead atoms. The van der Waals surface area contributed by atoms with Crippen LogP contribution in [0.15, 0.2) is 94.2 Å². The summed E-state index contributed by atoms with van der Waals surface area (Å²) in [5, 5.41) is 9.12. The van der Waals surface area contributed by atoms with Crippen LogP contribution in [0.25, 0.3) is 10.8 Å². The van der Waals surface area contributed by atoms with E-state index in [4.69, 9.17) is 10.5 Å². The highest BCUT2D eigenvalue weighted by Gasteiger charge is 2.18. The van der Waals surface area contributed by atoms with E-state index in [0.29, 0.717) is 28.8 Å². The van der Waals surface area contributed by atoms with Crippen molar-refractivity contribution in [2.24, 2.45) is 10.2 Å². The van der Waals surface area contributed by atoms with E-state index >= 15 is 0 Å². The first-order valence-electron chi connectivity index (χ1n) is 9.24. The van der Waals surface area contributed by atoms with Gasteiger partial charge in [0.15, 0.2) is 0 Å². The third-order valence-corrected chi connectivity index (χ3v) is 5.47. The molecule has 0 aliphatic heterocycles. The first-order chi connectivity index (χ1) is 14.9. The van der Waals surface area contributed by atoms with Crippen molar-refractivity contribution in [3.63, 3.8) is 0 Å². The van der Waals surface area contributed by atoms with Gasteiger partial charge in [-0.2, -0.15) is 8.42 Å². The van der Waals surface area contributed by atoms with Gasteiger partial charge < -0.3 is 10.5 Å². The number of nitrogens with zero attached hydrogens (tertiary/aromatic N) is 3. The van der Waals surface area contributed by atoms with Crippen LogP contribution in [0.5, 0.6) is 5.75 Å². The van der Waals surface area contributed by atoms with Crippen molar-refractivity contribution in [1.82, 2.24) is 4.98 Å². The van der Waals surface area contributed by atoms with Crippen LogP contribution < -0.4 is 10.5 Å². The van der Waals surface area contributed by atoms with E-state index in [9.17, 15) is 13.0 Å². The van der Waals surface area contributed by atoms with Gasteiger partial charge in [-0.05, 0) is 35.9 Å². The van der Waals surface area contributed by atoms with E-state index in [2.05, 4.69) is 15.2 Å². The number of hydrogen-bond acceptors (Lipinski definition) is 7. The van der Waals surface area contributed by atoms with Crippen molar-refractivity contribution in [2.75, 3.05) is 5.73 Å². The van der Waals surface area contributed by atoms with E-state index in [1.165, 1.54) is 6.07 Å². The molecule has 0 amide bonds. The zero-order valence-electron chi connectivity index (χ0n) is 16.2. The second-order valence-corrected chi connectivity index (χ2v) is 8.03. The molecule has 0 fully saturated rings. The molecule has 0 atom stereocenters. The van der Waals surface area contributed by atoms with Gasteiger partial charge in [-0.1, -0.05) is 36.4 Å². The van der Waals surface area contributed by atoms with Crippen LogP contribution in [-0.2, 0) is 16.7 Å². The number of rotatable bonds is 6. The number of ether oxygens (including phenoxy) is 1. The highest BCUT2D eigenvalue weighted by Crippen LogP contribution is 2.37. The smallest absolute Gasteiger partial charge is 0.295 e. The molecule has 9 heteroatoms. The van der Waals surface area contributed by atoms with Gasteiger partial charge in [0.05, 0.1) is 5.69 Å². The largest absolute Gasteiger partial charge is 0.487 e. The summed E-state index contributed by atoms with van der Waals surface area (Å²) >= 11 is 0. The maximum atomic E-state index is 11.9. The van der Waals surface area contributed by atoms with Crippen LogP contribution in [-0.4, -0.2) is 18.0 Å². The number of para-hydroxylation sites is 1. The Kier molecular flexibility index (Phi) is 5.61. The number of azo groups is 1. The van der Waals surface area contributed by atoms with E-state index in [1.54, 1.807) is 54.9 Å². The third-order valence-electron chi connectivity index (χ3n) is 4.58. The van der Waals surface area contributed by atoms with Gasteiger partial charge in [-0.15, -0.1) is 10.2 Å². The number of benzene rings is 3. The van der Waals surface area contributed by atoms with Crippen LogP contribution >= 0.6 is 0 Å². The van der Waals surface area contributed by atoms with E-state index in [-0.39, 0.29) is 16.3 Å². The second kappa shape index (κ2) is 8.50. The minimum absolute atomic E-state index is 0.121. The molecule has 8 nitrogen and oxygen atoms in total. The summed E-state index contributed by atoms with van der Waals surface area (Å²) < 4.78 is 39.2. The maximum absolute atomic E-state index is 11.9. The summed E-state index contributed by atoms with van der Waals surface area (Å²) in [4.78, 5) is 3.69. The quantitative estimate of drug-likeness (QED) is 0.248. The fourth-order valence-corrected chi connectivity index (χ4v) is 3.77. The van der Waals surface area contributed by atoms with Crippen molar-refractivity contribution in [3.8, 4) is 5.75 Å². The van der Waals surface area contributed by atoms with Crippen molar-refractivity contribution in [2.45, 2.75) is 11.5 Å². The lowest BCUT2D eigenvalue weighted by molar-refractivity contribution is 0.307. The number of anilines is 1. The Morgan fingerprint density at radius 2 is 1.55 bits per heavy atom. The summed E-state index contributed by atoms with van der Waals surface area (Å²) in [5.74, 6) is 0.498. The van der Waals surface area contributed by atoms with Gasteiger partial charge >= 0.3 is 0 Å². The van der Waals surface area contributed by atoms with Crippen LogP contribution in [0.4, 0.5) is 17.1 Å². The molecule has 31 heavy (non-hydrogen) atoms. The zero-order chi connectivity index (χ0) is 21.8. The number of fused-ring (bicyclic) bond motifs is 1. The van der Waals surface area contributed by atoms with Gasteiger partial charge in [0, 0.05) is 23.2 Å². The molecule has 0 saturated carbocycles. The Morgan fingerprint density at radius 3 is 2.29 bits per heavy atom. The normalized spacial score (nSPS) is 11.8. The molecule has 1 heterocycles. The molecule has 3 N–H and O–H groups in total. The molecule has 0 unspecified atom stereocenters. The molecular formula is C22H18N4O4S. The Hall–Kier alpha value is -3.82. The SMILES string of the molecule is Nc1c(/N=N/c2ccccc2OCc2ccncc2)cc(S(=O)(=O)O)c2ccccc12. The Morgan fingerprint density at radius 1 is 0.903 bits per heavy atom. The van der Waals surface area contributed by atoms with Crippen LogP contribution in [0.3, 0.4) is 0 Å². The zero-order valence-corrected chi connectivity index (χ0v) is 17.0. The number of nitrogen functional groups attached to an aromatic ring is 1. The first kappa shape index (κ1) is 20.5. The highest BCUT2D eigenvalue weighted by atomic mass is 32.2. The average Bonchev–Trinajstić information content (AvgIpc) is 2.78. The monoisotopic (exact) mass is 434 g/mol. The van der Waals surface area contributed by atoms with Gasteiger partial charge in [-0.25, -0.2) is 0 Å². The molecule has 1 aromatic heterocycles. The fraction of sp³-hybridized carbons (Fsp3) is 0.0455. The molecule has 0 aliphatic rings. The minimum atomic E-state index is -4.49. The minimum Gasteiger partial charge on any atom is -0.487 e. The van der Waals surface area contributed by atoms with Crippen LogP contribution in [0, 0.1) is 0 Å². The lowest BCUT2D eigenvalue weighted by Gasteiger charge is -2.10. The number of nitrogens with two attached hydrogens (primary N) is 1. The summed E-state index contributed by atoms with van der Waals surface area (Å²) in [6.45, 7) is 0.320. The third kappa shape index (κ3) is 4.52. The first-order valence-corrected chi connectivity index (χ1v) is 10.7. The standard InChI is InChI=1S/C22H18N4O4S/c23-22-17-6-2-1-5-16(17)21(31(27,28)29)13-19(22)26-25-18-7-3-4-8-20(18)30-14-15-9-11-24-12-10-15/h1-13H,14,23H2,(H,27,28,29)/b26-25+. The van der Waals surface area contributed by atoms with Gasteiger partial charge in [0.25, 0.3) is 10.1 Å². The van der Waals surface area contributed by atoms with Crippen molar-refractivity contribution in [1.29, 1.82) is 0 Å². The molecule has 156 valence electrons. The van der Waals surface area contributed by atoms with Crippen LogP contribution in [0.2, 0.25) is 0 Å². The molecule has 0 aliphatic carbocycles. The fourth-order valence-electron chi connectivity index (χ4n) is 3.06. The van der Waals surface area contributed by atoms with Crippen LogP contribution in [0.1, 0.15) is 5.56 Å². The van der Waals surface area contributed by atoms with E-state index < -0.39 is 10.1 Å². The molecule has 4 rings (SSSR count). The molecule has 3 aromatic carbocycles. The number of pyridine rings is 1. The van der Waals surface area contributed by atoms with Gasteiger partial charge in [0.1, 0.15) is 28.6 Å². The topological polar surface area (TPSA) is 127 Å². The average molecular weight is 434 g/mol. The molecule has 0 radical (unpaired) electrons. The maximum Gasteiger partial charge on any atom is 0.295 e. The molecule has 0 spiro atoms. The summed E-state index contributed by atoms with van der Waals surface area (Å²) in [6, 6.07) is 18.5. The van der Waals surface area contributed by atoms with Crippen molar-refractivity contribution < 1.29 is 17.7 Å². The van der Waals surface area contributed by atoms with Gasteiger partial charge in [0.2, 0.25) is 0 Å². The van der Waals surface area contributed by atoms with Gasteiger partial charge in [-0.3, -0.25) is 9.54 Å². The Labute approximate surface area is 178 Å². The molecule has 4 aromatic rings. The predicted molar refractivity (Wildman–Crippen MR) is 117 cm³/mol. The van der Waals surface area contributed by atoms with E-state index in [1.807, 2.05) is 18.2 Å². The molecular weight excluding hydrogens is 416 g/mol. The second-order valence-electron chi connectivity index (χ2n) is 6.64. The van der Waals surface area contributed by atoms with Crippen molar-refractivity contribution >= 4 is 38.0 Å². The summed E-state index contributed by atoms with van der Waals surface area (Å²) in [7, 11) is -4.49. The predicted octanol–water partition coefficient (Wildman–Crippen LogP) is 5.06.